The zero-order valence-electron chi connectivity index (χ0n) is 16.6. The number of benzene rings is 3. The van der Waals surface area contributed by atoms with Crippen LogP contribution in [0.3, 0.4) is 0 Å². The van der Waals surface area contributed by atoms with Gasteiger partial charge in [-0.25, -0.2) is 14.0 Å². The maximum atomic E-state index is 14.3. The lowest BCUT2D eigenvalue weighted by Crippen LogP contribution is -2.43. The fourth-order valence-electron chi connectivity index (χ4n) is 3.94. The van der Waals surface area contributed by atoms with Gasteiger partial charge in [0.2, 0.25) is 0 Å². The van der Waals surface area contributed by atoms with E-state index in [4.69, 9.17) is 27.9 Å². The normalized spacial score (nSPS) is 13.2. The summed E-state index contributed by atoms with van der Waals surface area (Å²) in [7, 11) is 0. The Balaban J connectivity index is 1.46. The number of amides is 1. The number of carbonyl (C=O) groups excluding carboxylic acids is 1. The van der Waals surface area contributed by atoms with Crippen molar-refractivity contribution in [3.8, 4) is 11.1 Å². The van der Waals surface area contributed by atoms with Crippen LogP contribution < -0.4 is 5.32 Å². The second-order valence-electron chi connectivity index (χ2n) is 7.39. The van der Waals surface area contributed by atoms with E-state index in [-0.39, 0.29) is 34.6 Å². The van der Waals surface area contributed by atoms with Gasteiger partial charge in [-0.3, -0.25) is 0 Å². The third kappa shape index (κ3) is 4.29. The molecule has 3 aromatic rings. The highest BCUT2D eigenvalue weighted by atomic mass is 35.5. The van der Waals surface area contributed by atoms with Gasteiger partial charge in [-0.15, -0.1) is 0 Å². The van der Waals surface area contributed by atoms with Crippen molar-refractivity contribution in [2.24, 2.45) is 0 Å². The van der Waals surface area contributed by atoms with E-state index in [2.05, 4.69) is 5.32 Å². The number of rotatable bonds is 6. The average Bonchev–Trinajstić information content (AvgIpc) is 3.11. The molecule has 3 aromatic carbocycles. The molecule has 164 valence electrons. The van der Waals surface area contributed by atoms with Gasteiger partial charge in [-0.1, -0.05) is 71.7 Å². The molecule has 1 atom stereocenters. The van der Waals surface area contributed by atoms with Crippen LogP contribution in [0.2, 0.25) is 10.0 Å². The molecule has 0 aliphatic heterocycles. The topological polar surface area (TPSA) is 75.6 Å². The lowest BCUT2D eigenvalue weighted by Gasteiger charge is -2.18. The number of nitrogens with one attached hydrogen (secondary N) is 1. The Morgan fingerprint density at radius 2 is 1.53 bits per heavy atom. The molecule has 4 rings (SSSR count). The van der Waals surface area contributed by atoms with Crippen molar-refractivity contribution in [3.05, 3.63) is 93.2 Å². The standard InChI is InChI=1S/C24H18Cl2FNO4/c25-19-9-10-20(26)22(27)17(19)11-21(23(29)30)28-24(31)32-12-18-15-7-3-1-5-13(15)14-6-2-4-8-16(14)18/h1-10,18,21H,11-12H2,(H,28,31)(H,29,30)/t21-/m0/s1. The van der Waals surface area contributed by atoms with E-state index >= 15 is 0 Å². The highest BCUT2D eigenvalue weighted by molar-refractivity contribution is 6.33. The molecule has 0 radical (unpaired) electrons. The fourth-order valence-corrected chi connectivity index (χ4v) is 4.34. The monoisotopic (exact) mass is 473 g/mol. The molecule has 0 bridgehead atoms. The van der Waals surface area contributed by atoms with Crippen LogP contribution in [0.1, 0.15) is 22.6 Å². The quantitative estimate of drug-likeness (QED) is 0.452. The van der Waals surface area contributed by atoms with Crippen LogP contribution in [0.4, 0.5) is 9.18 Å². The second-order valence-corrected chi connectivity index (χ2v) is 8.20. The first kappa shape index (κ1) is 22.1. The van der Waals surface area contributed by atoms with Gasteiger partial charge in [-0.05, 0) is 34.4 Å². The Morgan fingerprint density at radius 3 is 2.12 bits per heavy atom. The zero-order chi connectivity index (χ0) is 22.8. The first-order chi connectivity index (χ1) is 15.4. The van der Waals surface area contributed by atoms with E-state index in [1.165, 1.54) is 12.1 Å². The molecule has 32 heavy (non-hydrogen) atoms. The number of carbonyl (C=O) groups is 2. The Bertz CT molecular complexity index is 1150. The van der Waals surface area contributed by atoms with Gasteiger partial charge in [-0.2, -0.15) is 0 Å². The molecule has 8 heteroatoms. The van der Waals surface area contributed by atoms with Gasteiger partial charge < -0.3 is 15.2 Å². The largest absolute Gasteiger partial charge is 0.480 e. The summed E-state index contributed by atoms with van der Waals surface area (Å²) < 4.78 is 19.7. The maximum absolute atomic E-state index is 14.3. The molecule has 0 heterocycles. The molecule has 2 N–H and O–H groups in total. The molecular weight excluding hydrogens is 456 g/mol. The van der Waals surface area contributed by atoms with E-state index in [0.29, 0.717) is 0 Å². The summed E-state index contributed by atoms with van der Waals surface area (Å²) in [6.07, 6.45) is -1.30. The number of alkyl carbamates (subject to hydrolysis) is 1. The van der Waals surface area contributed by atoms with Crippen molar-refractivity contribution in [2.75, 3.05) is 6.61 Å². The highest BCUT2D eigenvalue weighted by Gasteiger charge is 2.30. The molecule has 0 saturated heterocycles. The van der Waals surface area contributed by atoms with Crippen molar-refractivity contribution in [2.45, 2.75) is 18.4 Å². The maximum Gasteiger partial charge on any atom is 0.407 e. The predicted molar refractivity (Wildman–Crippen MR) is 120 cm³/mol. The minimum Gasteiger partial charge on any atom is -0.480 e. The summed E-state index contributed by atoms with van der Waals surface area (Å²) in [5.41, 5.74) is 4.12. The minimum absolute atomic E-state index is 0.0208. The van der Waals surface area contributed by atoms with Crippen LogP contribution in [0.5, 0.6) is 0 Å². The van der Waals surface area contributed by atoms with Gasteiger partial charge in [0.15, 0.2) is 0 Å². The fraction of sp³-hybridized carbons (Fsp3) is 0.167. The van der Waals surface area contributed by atoms with Crippen molar-refractivity contribution in [1.29, 1.82) is 0 Å². The van der Waals surface area contributed by atoms with Crippen LogP contribution in [-0.4, -0.2) is 29.8 Å². The van der Waals surface area contributed by atoms with Gasteiger partial charge >= 0.3 is 12.1 Å². The molecule has 0 saturated carbocycles. The summed E-state index contributed by atoms with van der Waals surface area (Å²) in [4.78, 5) is 24.1. The molecule has 0 spiro atoms. The number of fused-ring (bicyclic) bond motifs is 3. The van der Waals surface area contributed by atoms with Crippen molar-refractivity contribution in [1.82, 2.24) is 5.32 Å². The molecule has 5 nitrogen and oxygen atoms in total. The molecular formula is C24H18Cl2FNO4. The minimum atomic E-state index is -1.45. The molecule has 1 aliphatic rings. The number of hydrogen-bond acceptors (Lipinski definition) is 3. The Kier molecular flexibility index (Phi) is 6.35. The van der Waals surface area contributed by atoms with Crippen molar-refractivity contribution >= 4 is 35.3 Å². The number of carboxylic acid groups (broad SMARTS) is 1. The molecule has 1 aliphatic carbocycles. The van der Waals surface area contributed by atoms with Gasteiger partial charge in [0.05, 0.1) is 5.02 Å². The molecule has 0 unspecified atom stereocenters. The third-order valence-electron chi connectivity index (χ3n) is 5.48. The van der Waals surface area contributed by atoms with E-state index in [0.717, 1.165) is 22.3 Å². The molecule has 1 amide bonds. The summed E-state index contributed by atoms with van der Waals surface area (Å²) in [6.45, 7) is 0.0263. The van der Waals surface area contributed by atoms with E-state index in [1.807, 2.05) is 48.5 Å². The van der Waals surface area contributed by atoms with Gasteiger partial charge in [0.1, 0.15) is 18.5 Å². The van der Waals surface area contributed by atoms with E-state index in [1.54, 1.807) is 0 Å². The van der Waals surface area contributed by atoms with Gasteiger partial charge in [0, 0.05) is 22.9 Å². The van der Waals surface area contributed by atoms with Crippen LogP contribution in [-0.2, 0) is 16.0 Å². The first-order valence-corrected chi connectivity index (χ1v) is 10.6. The summed E-state index contributed by atoms with van der Waals surface area (Å²) in [5.74, 6) is -2.34. The number of halogens is 3. The molecule has 0 aromatic heterocycles. The predicted octanol–water partition coefficient (Wildman–Crippen LogP) is 5.67. The van der Waals surface area contributed by atoms with Crippen molar-refractivity contribution in [3.63, 3.8) is 0 Å². The van der Waals surface area contributed by atoms with E-state index in [9.17, 15) is 19.1 Å². The number of hydrogen-bond donors (Lipinski definition) is 2. The number of ether oxygens (including phenoxy) is 1. The first-order valence-electron chi connectivity index (χ1n) is 9.83. The van der Waals surface area contributed by atoms with Crippen LogP contribution >= 0.6 is 23.2 Å². The summed E-state index contributed by atoms with van der Waals surface area (Å²) in [5, 5.41) is 11.6. The number of aliphatic carboxylic acids is 1. The van der Waals surface area contributed by atoms with Crippen LogP contribution in [0.15, 0.2) is 60.7 Å². The highest BCUT2D eigenvalue weighted by Crippen LogP contribution is 2.44. The lowest BCUT2D eigenvalue weighted by atomic mass is 9.98. The summed E-state index contributed by atoms with van der Waals surface area (Å²) in [6, 6.07) is 16.9. The van der Waals surface area contributed by atoms with Crippen LogP contribution in [0.25, 0.3) is 11.1 Å². The average molecular weight is 474 g/mol. The SMILES string of the molecule is O=C(N[C@@H](Cc1c(Cl)ccc(Cl)c1F)C(=O)O)OCC1c2ccccc2-c2ccccc21. The summed E-state index contributed by atoms with van der Waals surface area (Å²) >= 11 is 11.8. The van der Waals surface area contributed by atoms with Gasteiger partial charge in [0.25, 0.3) is 0 Å². The van der Waals surface area contributed by atoms with Crippen LogP contribution in [0, 0.1) is 5.82 Å². The Labute approximate surface area is 193 Å². The second kappa shape index (κ2) is 9.18. The van der Waals surface area contributed by atoms with Crippen molar-refractivity contribution < 1.29 is 23.8 Å². The smallest absolute Gasteiger partial charge is 0.407 e. The Hall–Kier alpha value is -3.09. The molecule has 0 fully saturated rings. The number of carboxylic acids is 1. The lowest BCUT2D eigenvalue weighted by molar-refractivity contribution is -0.139. The van der Waals surface area contributed by atoms with E-state index < -0.39 is 23.9 Å². The zero-order valence-corrected chi connectivity index (χ0v) is 18.2. The Morgan fingerprint density at radius 1 is 0.969 bits per heavy atom. The third-order valence-corrected chi connectivity index (χ3v) is 6.13.